The van der Waals surface area contributed by atoms with Crippen LogP contribution in [0.4, 0.5) is 13.2 Å². The first-order valence-electron chi connectivity index (χ1n) is 6.84. The van der Waals surface area contributed by atoms with Crippen molar-refractivity contribution in [1.82, 2.24) is 4.72 Å². The molecule has 10 heteroatoms. The number of alkyl halides is 3. The van der Waals surface area contributed by atoms with E-state index in [4.69, 9.17) is 27.9 Å². The van der Waals surface area contributed by atoms with Gasteiger partial charge in [-0.1, -0.05) is 29.3 Å². The van der Waals surface area contributed by atoms with E-state index in [-0.39, 0.29) is 33.8 Å². The molecule has 2 rings (SSSR count). The molecule has 0 aliphatic carbocycles. The van der Waals surface area contributed by atoms with E-state index < -0.39 is 21.8 Å². The molecule has 0 atom stereocenters. The summed E-state index contributed by atoms with van der Waals surface area (Å²) in [6.45, 7) is -0.333. The highest BCUT2D eigenvalue weighted by molar-refractivity contribution is 7.89. The monoisotopic (exact) mass is 413 g/mol. The Balaban J connectivity index is 1.96. The van der Waals surface area contributed by atoms with Crippen molar-refractivity contribution < 1.29 is 26.3 Å². The number of nitrogens with one attached hydrogen (secondary N) is 1. The van der Waals surface area contributed by atoms with E-state index >= 15 is 0 Å². The molecular formula is C15H12Cl2F3NO3S. The maximum absolute atomic E-state index is 12.6. The summed E-state index contributed by atoms with van der Waals surface area (Å²) in [6, 6.07) is 8.28. The average molecular weight is 414 g/mol. The van der Waals surface area contributed by atoms with Crippen molar-refractivity contribution in [2.24, 2.45) is 0 Å². The largest absolute Gasteiger partial charge is 0.492 e. The van der Waals surface area contributed by atoms with Crippen LogP contribution in [0.1, 0.15) is 5.56 Å². The van der Waals surface area contributed by atoms with Crippen molar-refractivity contribution in [2.45, 2.75) is 11.1 Å². The fourth-order valence-electron chi connectivity index (χ4n) is 1.87. The van der Waals surface area contributed by atoms with E-state index in [1.807, 2.05) is 0 Å². The molecule has 0 aliphatic heterocycles. The minimum absolute atomic E-state index is 0.00398. The molecule has 0 saturated heterocycles. The van der Waals surface area contributed by atoms with Gasteiger partial charge in [0.2, 0.25) is 10.0 Å². The predicted molar refractivity (Wildman–Crippen MR) is 88.6 cm³/mol. The first-order valence-corrected chi connectivity index (χ1v) is 9.08. The van der Waals surface area contributed by atoms with Crippen molar-refractivity contribution in [3.63, 3.8) is 0 Å². The molecule has 0 saturated carbocycles. The number of hydrogen-bond acceptors (Lipinski definition) is 3. The van der Waals surface area contributed by atoms with Gasteiger partial charge in [-0.05, 0) is 36.4 Å². The normalized spacial score (nSPS) is 12.2. The lowest BCUT2D eigenvalue weighted by atomic mass is 10.2. The highest BCUT2D eigenvalue weighted by Crippen LogP contribution is 2.31. The molecule has 0 amide bonds. The van der Waals surface area contributed by atoms with Crippen LogP contribution in [0.5, 0.6) is 5.75 Å². The van der Waals surface area contributed by atoms with Gasteiger partial charge >= 0.3 is 6.18 Å². The topological polar surface area (TPSA) is 55.4 Å². The number of ether oxygens (including phenoxy) is 1. The predicted octanol–water partition coefficient (Wildman–Crippen LogP) is 4.37. The zero-order chi connectivity index (χ0) is 18.7. The summed E-state index contributed by atoms with van der Waals surface area (Å²) in [5.74, 6) is -0.0187. The first kappa shape index (κ1) is 19.8. The van der Waals surface area contributed by atoms with Crippen LogP contribution in [0.3, 0.4) is 0 Å². The molecule has 0 heterocycles. The van der Waals surface area contributed by atoms with Crippen LogP contribution in [0.15, 0.2) is 47.4 Å². The number of hydrogen-bond donors (Lipinski definition) is 1. The Labute approximate surface area is 152 Å². The van der Waals surface area contributed by atoms with Gasteiger partial charge in [0, 0.05) is 11.6 Å². The molecule has 0 aromatic heterocycles. The summed E-state index contributed by atoms with van der Waals surface area (Å²) in [6.07, 6.45) is -4.48. The summed E-state index contributed by atoms with van der Waals surface area (Å²) in [7, 11) is -3.93. The number of rotatable bonds is 6. The third kappa shape index (κ3) is 5.50. The maximum Gasteiger partial charge on any atom is 0.416 e. The molecule has 4 nitrogen and oxygen atoms in total. The molecule has 0 fully saturated rings. The Kier molecular flexibility index (Phi) is 6.21. The summed E-state index contributed by atoms with van der Waals surface area (Å²) < 4.78 is 69.5. The van der Waals surface area contributed by atoms with E-state index in [0.717, 1.165) is 12.1 Å². The van der Waals surface area contributed by atoms with E-state index in [1.165, 1.54) is 30.3 Å². The summed E-state index contributed by atoms with van der Waals surface area (Å²) in [4.78, 5) is -0.194. The van der Waals surface area contributed by atoms with E-state index in [9.17, 15) is 21.6 Å². The zero-order valence-corrected chi connectivity index (χ0v) is 14.8. The van der Waals surface area contributed by atoms with Gasteiger partial charge in [-0.15, -0.1) is 0 Å². The Hall–Kier alpha value is -1.48. The molecule has 136 valence electrons. The standard InChI is InChI=1S/C15H12Cl2F3NO3S/c16-11-4-5-13(17)14(9-11)25(22,23)21-6-7-24-12-3-1-2-10(8-12)15(18,19)20/h1-5,8-9,21H,6-7H2. The van der Waals surface area contributed by atoms with Crippen molar-refractivity contribution in [3.8, 4) is 5.75 Å². The quantitative estimate of drug-likeness (QED) is 0.715. The first-order chi connectivity index (χ1) is 11.6. The zero-order valence-electron chi connectivity index (χ0n) is 12.5. The van der Waals surface area contributed by atoms with Crippen LogP contribution in [0.25, 0.3) is 0 Å². The smallest absolute Gasteiger partial charge is 0.416 e. The van der Waals surface area contributed by atoms with Crippen LogP contribution in [-0.4, -0.2) is 21.6 Å². The van der Waals surface area contributed by atoms with Gasteiger partial charge in [-0.2, -0.15) is 13.2 Å². The fraction of sp³-hybridized carbons (Fsp3) is 0.200. The Morgan fingerprint density at radius 3 is 2.48 bits per heavy atom. The van der Waals surface area contributed by atoms with Crippen LogP contribution in [-0.2, 0) is 16.2 Å². The fourth-order valence-corrected chi connectivity index (χ4v) is 3.64. The van der Waals surface area contributed by atoms with Crippen LogP contribution >= 0.6 is 23.2 Å². The second kappa shape index (κ2) is 7.82. The van der Waals surface area contributed by atoms with Gasteiger partial charge in [0.25, 0.3) is 0 Å². The van der Waals surface area contributed by atoms with Crippen molar-refractivity contribution >= 4 is 33.2 Å². The molecule has 2 aromatic carbocycles. The van der Waals surface area contributed by atoms with Crippen LogP contribution in [0, 0.1) is 0 Å². The lowest BCUT2D eigenvalue weighted by molar-refractivity contribution is -0.137. The van der Waals surface area contributed by atoms with Gasteiger partial charge in [-0.25, -0.2) is 13.1 Å². The van der Waals surface area contributed by atoms with Gasteiger partial charge in [-0.3, -0.25) is 0 Å². The molecular weight excluding hydrogens is 402 g/mol. The summed E-state index contributed by atoms with van der Waals surface area (Å²) >= 11 is 11.6. The maximum atomic E-state index is 12.6. The Morgan fingerprint density at radius 2 is 1.80 bits per heavy atom. The minimum Gasteiger partial charge on any atom is -0.492 e. The van der Waals surface area contributed by atoms with Gasteiger partial charge in [0.15, 0.2) is 0 Å². The minimum atomic E-state index is -4.48. The van der Waals surface area contributed by atoms with Crippen molar-refractivity contribution in [1.29, 1.82) is 0 Å². The molecule has 0 bridgehead atoms. The van der Waals surface area contributed by atoms with Crippen molar-refractivity contribution in [2.75, 3.05) is 13.2 Å². The second-order valence-electron chi connectivity index (χ2n) is 4.85. The average Bonchev–Trinajstić information content (AvgIpc) is 2.53. The lowest BCUT2D eigenvalue weighted by Gasteiger charge is -2.11. The number of halogens is 5. The molecule has 0 aliphatic rings. The van der Waals surface area contributed by atoms with E-state index in [0.29, 0.717) is 0 Å². The number of sulfonamides is 1. The lowest BCUT2D eigenvalue weighted by Crippen LogP contribution is -2.28. The molecule has 25 heavy (non-hydrogen) atoms. The molecule has 0 spiro atoms. The van der Waals surface area contributed by atoms with E-state index in [2.05, 4.69) is 4.72 Å². The second-order valence-corrected chi connectivity index (χ2v) is 7.43. The summed E-state index contributed by atoms with van der Waals surface area (Å²) in [5, 5.41) is 0.195. The Bertz CT molecular complexity index is 857. The van der Waals surface area contributed by atoms with Gasteiger partial charge in [0.1, 0.15) is 17.3 Å². The molecule has 0 radical (unpaired) electrons. The highest BCUT2D eigenvalue weighted by Gasteiger charge is 2.30. The van der Waals surface area contributed by atoms with Gasteiger partial charge < -0.3 is 4.74 Å². The number of benzene rings is 2. The molecule has 1 N–H and O–H groups in total. The van der Waals surface area contributed by atoms with Crippen LogP contribution in [0.2, 0.25) is 10.0 Å². The SMILES string of the molecule is O=S(=O)(NCCOc1cccc(C(F)(F)F)c1)c1cc(Cl)ccc1Cl. The van der Waals surface area contributed by atoms with Gasteiger partial charge in [0.05, 0.1) is 10.6 Å². The highest BCUT2D eigenvalue weighted by atomic mass is 35.5. The van der Waals surface area contributed by atoms with Crippen molar-refractivity contribution in [3.05, 3.63) is 58.1 Å². The molecule has 0 unspecified atom stereocenters. The summed E-state index contributed by atoms with van der Waals surface area (Å²) in [5.41, 5.74) is -0.851. The Morgan fingerprint density at radius 1 is 1.08 bits per heavy atom. The third-order valence-electron chi connectivity index (χ3n) is 3.01. The van der Waals surface area contributed by atoms with Crippen LogP contribution < -0.4 is 9.46 Å². The molecule has 2 aromatic rings. The third-order valence-corrected chi connectivity index (χ3v) is 5.18. The van der Waals surface area contributed by atoms with E-state index in [1.54, 1.807) is 0 Å².